The fourth-order valence-corrected chi connectivity index (χ4v) is 1.29. The van der Waals surface area contributed by atoms with E-state index in [9.17, 15) is 9.59 Å². The van der Waals surface area contributed by atoms with Gasteiger partial charge in [-0.2, -0.15) is 0 Å². The molecule has 0 amide bonds. The highest BCUT2D eigenvalue weighted by Crippen LogP contribution is 2.10. The third-order valence-electron chi connectivity index (χ3n) is 2.26. The summed E-state index contributed by atoms with van der Waals surface area (Å²) >= 11 is 0. The summed E-state index contributed by atoms with van der Waals surface area (Å²) in [6.45, 7) is 2.47. The minimum absolute atomic E-state index is 0.0432. The van der Waals surface area contributed by atoms with Gasteiger partial charge in [-0.15, -0.1) is 0 Å². The molecule has 0 unspecified atom stereocenters. The lowest BCUT2D eigenvalue weighted by Gasteiger charge is -2.20. The Bertz CT molecular complexity index is 436. The van der Waals surface area contributed by atoms with Crippen LogP contribution in [0.2, 0.25) is 0 Å². The molecule has 1 aromatic heterocycles. The van der Waals surface area contributed by atoms with Gasteiger partial charge < -0.3 is 14.4 Å². The lowest BCUT2D eigenvalue weighted by atomic mass is 10.4. The summed E-state index contributed by atoms with van der Waals surface area (Å²) in [5.74, 6) is -0.572. The van der Waals surface area contributed by atoms with Gasteiger partial charge in [0.1, 0.15) is 12.4 Å². The summed E-state index contributed by atoms with van der Waals surface area (Å²) in [6.07, 6.45) is 1.44. The third-order valence-corrected chi connectivity index (χ3v) is 2.26. The molecule has 0 aliphatic rings. The summed E-state index contributed by atoms with van der Waals surface area (Å²) in [7, 11) is 2.57. The SMILES string of the molecule is CCN(CC(=O)OC)c1ccnc(C(=O)OC)n1. The predicted molar refractivity (Wildman–Crippen MR) is 63.3 cm³/mol. The first-order chi connectivity index (χ1) is 8.62. The molecule has 1 aromatic rings. The molecule has 0 saturated heterocycles. The molecule has 0 bridgehead atoms. The standard InChI is InChI=1S/C11H15N3O4/c1-4-14(7-9(15)17-2)8-5-6-12-10(13-8)11(16)18-3/h5-6H,4,7H2,1-3H3. The highest BCUT2D eigenvalue weighted by molar-refractivity contribution is 5.85. The minimum Gasteiger partial charge on any atom is -0.468 e. The Morgan fingerprint density at radius 1 is 1.33 bits per heavy atom. The maximum Gasteiger partial charge on any atom is 0.376 e. The van der Waals surface area contributed by atoms with Crippen molar-refractivity contribution in [3.05, 3.63) is 18.1 Å². The predicted octanol–water partition coefficient (Wildman–Crippen LogP) is 0.262. The number of ether oxygens (including phenoxy) is 2. The van der Waals surface area contributed by atoms with E-state index in [0.29, 0.717) is 12.4 Å². The van der Waals surface area contributed by atoms with Crippen LogP contribution in [0.15, 0.2) is 12.3 Å². The Balaban J connectivity index is 2.92. The third kappa shape index (κ3) is 3.41. The Kier molecular flexibility index (Phi) is 5.04. The quantitative estimate of drug-likeness (QED) is 0.696. The number of carbonyl (C=O) groups excluding carboxylic acids is 2. The van der Waals surface area contributed by atoms with Gasteiger partial charge in [0.2, 0.25) is 5.82 Å². The molecule has 7 heteroatoms. The van der Waals surface area contributed by atoms with E-state index in [1.54, 1.807) is 11.0 Å². The number of anilines is 1. The van der Waals surface area contributed by atoms with Crippen LogP contribution >= 0.6 is 0 Å². The second-order valence-electron chi connectivity index (χ2n) is 3.32. The normalized spacial score (nSPS) is 9.72. The maximum atomic E-state index is 11.3. The molecule has 0 aliphatic heterocycles. The molecule has 0 N–H and O–H groups in total. The van der Waals surface area contributed by atoms with Gasteiger partial charge in [0.05, 0.1) is 14.2 Å². The topological polar surface area (TPSA) is 81.6 Å². The first kappa shape index (κ1) is 13.9. The zero-order chi connectivity index (χ0) is 13.5. The van der Waals surface area contributed by atoms with Crippen LogP contribution in [0.3, 0.4) is 0 Å². The van der Waals surface area contributed by atoms with E-state index in [1.807, 2.05) is 6.92 Å². The first-order valence-corrected chi connectivity index (χ1v) is 5.35. The molecule has 18 heavy (non-hydrogen) atoms. The van der Waals surface area contributed by atoms with Crippen molar-refractivity contribution in [2.24, 2.45) is 0 Å². The molecule has 98 valence electrons. The molecule has 0 aliphatic carbocycles. The van der Waals surface area contributed by atoms with Gasteiger partial charge in [0.15, 0.2) is 0 Å². The Morgan fingerprint density at radius 3 is 2.61 bits per heavy atom. The van der Waals surface area contributed by atoms with Crippen LogP contribution in [0.4, 0.5) is 5.82 Å². The van der Waals surface area contributed by atoms with E-state index in [0.717, 1.165) is 0 Å². The summed E-state index contributed by atoms with van der Waals surface area (Å²) in [5, 5.41) is 0. The smallest absolute Gasteiger partial charge is 0.376 e. The molecular formula is C11H15N3O4. The van der Waals surface area contributed by atoms with Gasteiger partial charge in [-0.05, 0) is 13.0 Å². The van der Waals surface area contributed by atoms with Gasteiger partial charge in [0, 0.05) is 12.7 Å². The number of hydrogen-bond acceptors (Lipinski definition) is 7. The van der Waals surface area contributed by atoms with Crippen molar-refractivity contribution in [3.63, 3.8) is 0 Å². The minimum atomic E-state index is -0.619. The van der Waals surface area contributed by atoms with Crippen molar-refractivity contribution >= 4 is 17.8 Å². The summed E-state index contributed by atoms with van der Waals surface area (Å²) in [4.78, 5) is 32.0. The monoisotopic (exact) mass is 253 g/mol. The van der Waals surface area contributed by atoms with Crippen LogP contribution in [0.25, 0.3) is 0 Å². The zero-order valence-electron chi connectivity index (χ0n) is 10.5. The van der Waals surface area contributed by atoms with Gasteiger partial charge in [-0.25, -0.2) is 14.8 Å². The zero-order valence-corrected chi connectivity index (χ0v) is 10.5. The first-order valence-electron chi connectivity index (χ1n) is 5.35. The fourth-order valence-electron chi connectivity index (χ4n) is 1.29. The Labute approximate surface area is 105 Å². The van der Waals surface area contributed by atoms with Crippen molar-refractivity contribution in [2.45, 2.75) is 6.92 Å². The average Bonchev–Trinajstić information content (AvgIpc) is 2.43. The molecule has 1 heterocycles. The van der Waals surface area contributed by atoms with Crippen molar-refractivity contribution in [3.8, 4) is 0 Å². The summed E-state index contributed by atoms with van der Waals surface area (Å²) < 4.78 is 9.12. The molecule has 0 radical (unpaired) electrons. The second-order valence-corrected chi connectivity index (χ2v) is 3.32. The number of nitrogens with zero attached hydrogens (tertiary/aromatic N) is 3. The number of carbonyl (C=O) groups is 2. The van der Waals surface area contributed by atoms with E-state index < -0.39 is 5.97 Å². The lowest BCUT2D eigenvalue weighted by Crippen LogP contribution is -2.31. The van der Waals surface area contributed by atoms with Crippen LogP contribution in [-0.2, 0) is 14.3 Å². The molecule has 7 nitrogen and oxygen atoms in total. The molecule has 0 aromatic carbocycles. The van der Waals surface area contributed by atoms with Gasteiger partial charge in [0.25, 0.3) is 0 Å². The molecule has 1 rings (SSSR count). The van der Waals surface area contributed by atoms with Gasteiger partial charge in [-0.3, -0.25) is 4.79 Å². The van der Waals surface area contributed by atoms with Crippen LogP contribution in [0.5, 0.6) is 0 Å². The van der Waals surface area contributed by atoms with Crippen LogP contribution in [0, 0.1) is 0 Å². The van der Waals surface area contributed by atoms with E-state index in [2.05, 4.69) is 19.4 Å². The number of aromatic nitrogens is 2. The highest BCUT2D eigenvalue weighted by atomic mass is 16.5. The van der Waals surface area contributed by atoms with Crippen molar-refractivity contribution in [2.75, 3.05) is 32.2 Å². The van der Waals surface area contributed by atoms with Crippen molar-refractivity contribution in [1.29, 1.82) is 0 Å². The number of methoxy groups -OCH3 is 2. The Hall–Kier alpha value is -2.18. The van der Waals surface area contributed by atoms with E-state index in [4.69, 9.17) is 0 Å². The van der Waals surface area contributed by atoms with E-state index >= 15 is 0 Å². The number of rotatable bonds is 5. The highest BCUT2D eigenvalue weighted by Gasteiger charge is 2.15. The average molecular weight is 253 g/mol. The van der Waals surface area contributed by atoms with Gasteiger partial charge >= 0.3 is 11.9 Å². The lowest BCUT2D eigenvalue weighted by molar-refractivity contribution is -0.138. The molecule has 0 spiro atoms. The van der Waals surface area contributed by atoms with Crippen molar-refractivity contribution in [1.82, 2.24) is 9.97 Å². The molecule has 0 atom stereocenters. The summed E-state index contributed by atoms with van der Waals surface area (Å²) in [5.41, 5.74) is 0. The van der Waals surface area contributed by atoms with Crippen molar-refractivity contribution < 1.29 is 19.1 Å². The summed E-state index contributed by atoms with van der Waals surface area (Å²) in [6, 6.07) is 1.61. The van der Waals surface area contributed by atoms with Gasteiger partial charge in [-0.1, -0.05) is 0 Å². The number of esters is 2. The maximum absolute atomic E-state index is 11.3. The van der Waals surface area contributed by atoms with Crippen LogP contribution < -0.4 is 4.90 Å². The molecule has 0 saturated carbocycles. The fraction of sp³-hybridized carbons (Fsp3) is 0.455. The largest absolute Gasteiger partial charge is 0.468 e. The van der Waals surface area contributed by atoms with E-state index in [1.165, 1.54) is 20.4 Å². The van der Waals surface area contributed by atoms with Crippen LogP contribution in [0.1, 0.15) is 17.5 Å². The van der Waals surface area contributed by atoms with Crippen LogP contribution in [-0.4, -0.2) is 49.2 Å². The Morgan fingerprint density at radius 2 is 2.06 bits per heavy atom. The molecular weight excluding hydrogens is 238 g/mol. The number of likely N-dealkylation sites (N-methyl/N-ethyl adjacent to an activating group) is 1. The number of hydrogen-bond donors (Lipinski definition) is 0. The van der Waals surface area contributed by atoms with E-state index in [-0.39, 0.29) is 18.3 Å². The second kappa shape index (κ2) is 6.53. The molecule has 0 fully saturated rings.